The van der Waals surface area contributed by atoms with E-state index in [-0.39, 0.29) is 5.91 Å². The third-order valence-corrected chi connectivity index (χ3v) is 4.48. The lowest BCUT2D eigenvalue weighted by Gasteiger charge is -2.27. The van der Waals surface area contributed by atoms with Crippen LogP contribution in [0.2, 0.25) is 5.02 Å². The van der Waals surface area contributed by atoms with E-state index in [4.69, 9.17) is 21.1 Å². The van der Waals surface area contributed by atoms with Crippen molar-refractivity contribution >= 4 is 17.5 Å². The molecule has 1 unspecified atom stereocenters. The zero-order valence-electron chi connectivity index (χ0n) is 14.0. The number of rotatable bonds is 5. The van der Waals surface area contributed by atoms with Gasteiger partial charge in [-0.2, -0.15) is 0 Å². The van der Waals surface area contributed by atoms with Gasteiger partial charge in [0.15, 0.2) is 0 Å². The van der Waals surface area contributed by atoms with E-state index in [0.29, 0.717) is 35.5 Å². The maximum absolute atomic E-state index is 12.8. The summed E-state index contributed by atoms with van der Waals surface area (Å²) < 4.78 is 10.5. The molecule has 1 aliphatic rings. The van der Waals surface area contributed by atoms with Crippen LogP contribution < -0.4 is 4.74 Å². The van der Waals surface area contributed by atoms with Crippen molar-refractivity contribution in [2.75, 3.05) is 47.0 Å². The highest BCUT2D eigenvalue weighted by molar-refractivity contribution is 6.31. The van der Waals surface area contributed by atoms with Gasteiger partial charge in [0.05, 0.1) is 19.3 Å². The van der Waals surface area contributed by atoms with Gasteiger partial charge in [-0.05, 0) is 31.5 Å². The first-order chi connectivity index (χ1) is 11.1. The van der Waals surface area contributed by atoms with E-state index in [1.165, 1.54) is 0 Å². The zero-order chi connectivity index (χ0) is 16.8. The van der Waals surface area contributed by atoms with Gasteiger partial charge < -0.3 is 14.4 Å². The minimum Gasteiger partial charge on any atom is -0.496 e. The van der Waals surface area contributed by atoms with Crippen molar-refractivity contribution in [1.29, 1.82) is 0 Å². The first-order valence-electron chi connectivity index (χ1n) is 7.92. The van der Waals surface area contributed by atoms with Crippen LogP contribution in [0.5, 0.6) is 5.75 Å². The molecule has 2 rings (SSSR count). The van der Waals surface area contributed by atoms with Crippen LogP contribution >= 0.6 is 11.6 Å². The van der Waals surface area contributed by atoms with Gasteiger partial charge in [0.25, 0.3) is 5.91 Å². The second-order valence-corrected chi connectivity index (χ2v) is 6.27. The summed E-state index contributed by atoms with van der Waals surface area (Å²) in [6.45, 7) is 6.12. The highest BCUT2D eigenvalue weighted by atomic mass is 35.5. The smallest absolute Gasteiger partial charge is 0.257 e. The molecule has 0 radical (unpaired) electrons. The first-order valence-corrected chi connectivity index (χ1v) is 8.30. The Hall–Kier alpha value is -1.30. The topological polar surface area (TPSA) is 42.0 Å². The number of carbonyl (C=O) groups is 1. The number of benzene rings is 1. The van der Waals surface area contributed by atoms with Gasteiger partial charge in [-0.15, -0.1) is 0 Å². The van der Waals surface area contributed by atoms with Gasteiger partial charge >= 0.3 is 0 Å². The second kappa shape index (κ2) is 8.52. The second-order valence-electron chi connectivity index (χ2n) is 5.83. The Balaban J connectivity index is 2.08. The van der Waals surface area contributed by atoms with Gasteiger partial charge in [-0.1, -0.05) is 11.6 Å². The van der Waals surface area contributed by atoms with Crippen molar-refractivity contribution in [3.05, 3.63) is 28.8 Å². The number of halogens is 1. The molecule has 0 aromatic heterocycles. The van der Waals surface area contributed by atoms with E-state index in [0.717, 1.165) is 26.1 Å². The molecule has 1 aliphatic heterocycles. The summed E-state index contributed by atoms with van der Waals surface area (Å²) in [4.78, 5) is 17.1. The summed E-state index contributed by atoms with van der Waals surface area (Å²) in [7, 11) is 3.28. The molecule has 1 heterocycles. The number of hydrogen-bond donors (Lipinski definition) is 0. The van der Waals surface area contributed by atoms with Crippen molar-refractivity contribution < 1.29 is 14.3 Å². The minimum absolute atomic E-state index is 0.0226. The van der Waals surface area contributed by atoms with Crippen LogP contribution in [0.4, 0.5) is 0 Å². The summed E-state index contributed by atoms with van der Waals surface area (Å²) >= 11 is 6.04. The van der Waals surface area contributed by atoms with Crippen LogP contribution in [0.1, 0.15) is 23.7 Å². The largest absolute Gasteiger partial charge is 0.496 e. The summed E-state index contributed by atoms with van der Waals surface area (Å²) in [6, 6.07) is 5.50. The Bertz CT molecular complexity index is 539. The highest BCUT2D eigenvalue weighted by Crippen LogP contribution is 2.24. The Morgan fingerprint density at radius 2 is 2.04 bits per heavy atom. The van der Waals surface area contributed by atoms with E-state index in [1.54, 1.807) is 32.4 Å². The number of carbonyl (C=O) groups excluding carboxylic acids is 1. The lowest BCUT2D eigenvalue weighted by atomic mass is 10.1. The summed E-state index contributed by atoms with van der Waals surface area (Å²) in [6.07, 6.45) is 0.947. The predicted octanol–water partition coefficient (Wildman–Crippen LogP) is 2.53. The van der Waals surface area contributed by atoms with Crippen molar-refractivity contribution in [3.8, 4) is 5.75 Å². The molecule has 1 atom stereocenters. The van der Waals surface area contributed by atoms with E-state index in [9.17, 15) is 4.79 Å². The van der Waals surface area contributed by atoms with Crippen molar-refractivity contribution in [3.63, 3.8) is 0 Å². The monoisotopic (exact) mass is 340 g/mol. The van der Waals surface area contributed by atoms with Gasteiger partial charge in [0, 0.05) is 44.4 Å². The van der Waals surface area contributed by atoms with Crippen LogP contribution in [0, 0.1) is 0 Å². The zero-order valence-corrected chi connectivity index (χ0v) is 14.8. The predicted molar refractivity (Wildman–Crippen MR) is 91.4 cm³/mol. The van der Waals surface area contributed by atoms with Gasteiger partial charge in [0.2, 0.25) is 0 Å². The third kappa shape index (κ3) is 4.59. The normalized spacial score (nSPS) is 17.7. The molecule has 23 heavy (non-hydrogen) atoms. The molecule has 5 nitrogen and oxygen atoms in total. The molecule has 1 amide bonds. The summed E-state index contributed by atoms with van der Waals surface area (Å²) in [5.41, 5.74) is 0.526. The average Bonchev–Trinajstić information content (AvgIpc) is 2.80. The molecule has 1 aromatic rings. The maximum atomic E-state index is 12.8. The van der Waals surface area contributed by atoms with Gasteiger partial charge in [0.1, 0.15) is 5.75 Å². The van der Waals surface area contributed by atoms with Gasteiger partial charge in [-0.25, -0.2) is 0 Å². The molecule has 1 aromatic carbocycles. The molecular weight excluding hydrogens is 316 g/mol. The molecular formula is C17H25ClN2O3. The van der Waals surface area contributed by atoms with Crippen LogP contribution in [-0.4, -0.2) is 68.8 Å². The first kappa shape index (κ1) is 18.0. The number of nitrogens with zero attached hydrogens (tertiary/aromatic N) is 2. The fourth-order valence-corrected chi connectivity index (χ4v) is 3.12. The Morgan fingerprint density at radius 1 is 1.26 bits per heavy atom. The van der Waals surface area contributed by atoms with Crippen LogP contribution in [0.3, 0.4) is 0 Å². The highest BCUT2D eigenvalue weighted by Gasteiger charge is 2.24. The van der Waals surface area contributed by atoms with Crippen molar-refractivity contribution in [2.24, 2.45) is 0 Å². The van der Waals surface area contributed by atoms with Crippen LogP contribution in [-0.2, 0) is 4.74 Å². The molecule has 0 bridgehead atoms. The molecule has 128 valence electrons. The van der Waals surface area contributed by atoms with Crippen molar-refractivity contribution in [2.45, 2.75) is 19.4 Å². The van der Waals surface area contributed by atoms with E-state index < -0.39 is 0 Å². The Morgan fingerprint density at radius 3 is 2.74 bits per heavy atom. The maximum Gasteiger partial charge on any atom is 0.257 e. The fourth-order valence-electron chi connectivity index (χ4n) is 2.95. The molecule has 0 N–H and O–H groups in total. The van der Waals surface area contributed by atoms with Gasteiger partial charge in [-0.3, -0.25) is 9.69 Å². The summed E-state index contributed by atoms with van der Waals surface area (Å²) in [5.74, 6) is 0.541. The standard InChI is InChI=1S/C17H25ClN2O3/c1-13(12-22-2)19-7-4-8-20(10-9-19)17(21)15-11-14(18)5-6-16(15)23-3/h5-6,11,13H,4,7-10,12H2,1-3H3. The average molecular weight is 341 g/mol. The lowest BCUT2D eigenvalue weighted by molar-refractivity contribution is 0.0741. The number of amides is 1. The molecule has 1 saturated heterocycles. The van der Waals surface area contributed by atoms with Crippen LogP contribution in [0.15, 0.2) is 18.2 Å². The Labute approximate surface area is 143 Å². The SMILES string of the molecule is COCC(C)N1CCCN(C(=O)c2cc(Cl)ccc2OC)CC1. The number of ether oxygens (including phenoxy) is 2. The van der Waals surface area contributed by atoms with Crippen LogP contribution in [0.25, 0.3) is 0 Å². The molecule has 0 spiro atoms. The number of hydrogen-bond acceptors (Lipinski definition) is 4. The lowest BCUT2D eigenvalue weighted by Crippen LogP contribution is -2.40. The quantitative estimate of drug-likeness (QED) is 0.826. The van der Waals surface area contributed by atoms with E-state index in [2.05, 4.69) is 11.8 Å². The van der Waals surface area contributed by atoms with Crippen molar-refractivity contribution in [1.82, 2.24) is 9.80 Å². The number of methoxy groups -OCH3 is 2. The Kier molecular flexibility index (Phi) is 6.69. The fraction of sp³-hybridized carbons (Fsp3) is 0.588. The third-order valence-electron chi connectivity index (χ3n) is 4.24. The molecule has 1 fully saturated rings. The van der Waals surface area contributed by atoms with E-state index >= 15 is 0 Å². The summed E-state index contributed by atoms with van der Waals surface area (Å²) in [5, 5.41) is 0.541. The molecule has 0 aliphatic carbocycles. The minimum atomic E-state index is -0.0226. The molecule has 6 heteroatoms. The molecule has 0 saturated carbocycles. The van der Waals surface area contributed by atoms with E-state index in [1.807, 2.05) is 4.90 Å².